The van der Waals surface area contributed by atoms with Crippen molar-refractivity contribution < 1.29 is 21.6 Å². The SMILES string of the molecule is NC[C@H]1C[C@H](S(=O)(=O)c2cccc(C(F)(F)F)c2)C1. The highest BCUT2D eigenvalue weighted by molar-refractivity contribution is 7.92. The Morgan fingerprint density at radius 2 is 1.89 bits per heavy atom. The van der Waals surface area contributed by atoms with Crippen LogP contribution in [0.25, 0.3) is 0 Å². The lowest BCUT2D eigenvalue weighted by molar-refractivity contribution is -0.137. The van der Waals surface area contributed by atoms with Gasteiger partial charge in [-0.15, -0.1) is 0 Å². The zero-order valence-electron chi connectivity index (χ0n) is 10.0. The van der Waals surface area contributed by atoms with Crippen molar-refractivity contribution in [2.24, 2.45) is 11.7 Å². The average molecular weight is 293 g/mol. The lowest BCUT2D eigenvalue weighted by atomic mass is 9.85. The molecule has 0 amide bonds. The van der Waals surface area contributed by atoms with Gasteiger partial charge in [0, 0.05) is 0 Å². The molecule has 1 aliphatic carbocycles. The lowest BCUT2D eigenvalue weighted by Gasteiger charge is -2.33. The first kappa shape index (κ1) is 14.3. The Bertz CT molecular complexity index is 563. The van der Waals surface area contributed by atoms with Crippen LogP contribution in [0, 0.1) is 5.92 Å². The van der Waals surface area contributed by atoms with E-state index in [1.807, 2.05) is 0 Å². The van der Waals surface area contributed by atoms with Gasteiger partial charge in [-0.1, -0.05) is 6.07 Å². The molecule has 0 aromatic heterocycles. The molecule has 0 bridgehead atoms. The van der Waals surface area contributed by atoms with Crippen molar-refractivity contribution in [1.29, 1.82) is 0 Å². The van der Waals surface area contributed by atoms with Crippen molar-refractivity contribution in [3.63, 3.8) is 0 Å². The van der Waals surface area contributed by atoms with E-state index >= 15 is 0 Å². The summed E-state index contributed by atoms with van der Waals surface area (Å²) in [6.45, 7) is 0.411. The van der Waals surface area contributed by atoms with Crippen LogP contribution in [-0.4, -0.2) is 20.2 Å². The Hall–Kier alpha value is -1.08. The van der Waals surface area contributed by atoms with Gasteiger partial charge >= 0.3 is 6.18 Å². The molecule has 0 unspecified atom stereocenters. The van der Waals surface area contributed by atoms with Gasteiger partial charge in [-0.3, -0.25) is 0 Å². The number of halogens is 3. The van der Waals surface area contributed by atoms with E-state index in [0.717, 1.165) is 12.1 Å². The molecule has 1 saturated carbocycles. The molecule has 0 aliphatic heterocycles. The second-order valence-electron chi connectivity index (χ2n) is 4.77. The molecule has 0 heterocycles. The summed E-state index contributed by atoms with van der Waals surface area (Å²) < 4.78 is 62.0. The predicted octanol–water partition coefficient (Wildman–Crippen LogP) is 2.22. The van der Waals surface area contributed by atoms with Gasteiger partial charge in [0.05, 0.1) is 15.7 Å². The molecule has 1 aromatic carbocycles. The Balaban J connectivity index is 2.27. The molecule has 2 rings (SSSR count). The smallest absolute Gasteiger partial charge is 0.330 e. The van der Waals surface area contributed by atoms with Crippen molar-refractivity contribution in [3.05, 3.63) is 29.8 Å². The van der Waals surface area contributed by atoms with Gasteiger partial charge < -0.3 is 5.73 Å². The quantitative estimate of drug-likeness (QED) is 0.929. The third-order valence-electron chi connectivity index (χ3n) is 3.45. The summed E-state index contributed by atoms with van der Waals surface area (Å²) in [6, 6.07) is 3.89. The van der Waals surface area contributed by atoms with Crippen LogP contribution in [0.4, 0.5) is 13.2 Å². The number of alkyl halides is 3. The highest BCUT2D eigenvalue weighted by Crippen LogP contribution is 2.37. The molecule has 0 spiro atoms. The molecule has 0 saturated heterocycles. The zero-order chi connectivity index (χ0) is 14.3. The van der Waals surface area contributed by atoms with Crippen molar-refractivity contribution in [2.45, 2.75) is 29.2 Å². The summed E-state index contributed by atoms with van der Waals surface area (Å²) in [5.74, 6) is 0.158. The van der Waals surface area contributed by atoms with Gasteiger partial charge in [-0.2, -0.15) is 13.2 Å². The number of hydrogen-bond acceptors (Lipinski definition) is 3. The number of benzene rings is 1. The maximum Gasteiger partial charge on any atom is 0.416 e. The molecule has 19 heavy (non-hydrogen) atoms. The van der Waals surface area contributed by atoms with E-state index in [-0.39, 0.29) is 10.8 Å². The third-order valence-corrected chi connectivity index (χ3v) is 5.63. The Labute approximate surface area is 109 Å². The first-order chi connectivity index (χ1) is 8.75. The fourth-order valence-corrected chi connectivity index (χ4v) is 4.16. The molecule has 7 heteroatoms. The van der Waals surface area contributed by atoms with Crippen LogP contribution in [0.5, 0.6) is 0 Å². The molecule has 0 radical (unpaired) electrons. The van der Waals surface area contributed by atoms with Gasteiger partial charge in [0.15, 0.2) is 9.84 Å². The molecule has 106 valence electrons. The third kappa shape index (κ3) is 2.76. The van der Waals surface area contributed by atoms with E-state index in [2.05, 4.69) is 0 Å². The fraction of sp³-hybridized carbons (Fsp3) is 0.500. The Morgan fingerprint density at radius 1 is 1.26 bits per heavy atom. The van der Waals surface area contributed by atoms with E-state index in [9.17, 15) is 21.6 Å². The summed E-state index contributed by atoms with van der Waals surface area (Å²) in [4.78, 5) is -0.261. The maximum atomic E-state index is 12.6. The Kier molecular flexibility index (Phi) is 3.61. The number of hydrogen-bond donors (Lipinski definition) is 1. The zero-order valence-corrected chi connectivity index (χ0v) is 10.8. The van der Waals surface area contributed by atoms with E-state index in [1.54, 1.807) is 0 Å². The molecule has 0 atom stereocenters. The van der Waals surface area contributed by atoms with E-state index < -0.39 is 26.8 Å². The highest BCUT2D eigenvalue weighted by atomic mass is 32.2. The van der Waals surface area contributed by atoms with Crippen LogP contribution in [0.3, 0.4) is 0 Å². The molecule has 2 N–H and O–H groups in total. The summed E-state index contributed by atoms with van der Waals surface area (Å²) in [7, 11) is -3.68. The maximum absolute atomic E-state index is 12.6. The van der Waals surface area contributed by atoms with Crippen LogP contribution in [0.1, 0.15) is 18.4 Å². The second kappa shape index (κ2) is 4.79. The minimum atomic E-state index is -4.54. The summed E-state index contributed by atoms with van der Waals surface area (Å²) in [5.41, 5.74) is 4.47. The number of rotatable bonds is 3. The summed E-state index contributed by atoms with van der Waals surface area (Å²) in [5, 5.41) is -0.607. The van der Waals surface area contributed by atoms with Gasteiger partial charge in [-0.25, -0.2) is 8.42 Å². The molecule has 1 aliphatic rings. The largest absolute Gasteiger partial charge is 0.416 e. The standard InChI is InChI=1S/C12H14F3NO2S/c13-12(14,15)9-2-1-3-10(6-9)19(17,18)11-4-8(5-11)7-16/h1-3,6,8,11H,4-5,7,16H2/t8-,11-. The minimum absolute atomic E-state index is 0.158. The molecule has 3 nitrogen and oxygen atoms in total. The first-order valence-electron chi connectivity index (χ1n) is 5.86. The van der Waals surface area contributed by atoms with E-state index in [0.29, 0.717) is 25.5 Å². The second-order valence-corrected chi connectivity index (χ2v) is 6.99. The monoisotopic (exact) mass is 293 g/mol. The molecule has 1 aromatic rings. The number of nitrogens with two attached hydrogens (primary N) is 1. The van der Waals surface area contributed by atoms with Crippen LogP contribution in [-0.2, 0) is 16.0 Å². The predicted molar refractivity (Wildman–Crippen MR) is 64.2 cm³/mol. The Morgan fingerprint density at radius 3 is 2.42 bits per heavy atom. The van der Waals surface area contributed by atoms with Gasteiger partial charge in [0.1, 0.15) is 0 Å². The molecule has 1 fully saturated rings. The topological polar surface area (TPSA) is 60.2 Å². The van der Waals surface area contributed by atoms with Crippen LogP contribution in [0.2, 0.25) is 0 Å². The lowest BCUT2D eigenvalue weighted by Crippen LogP contribution is -2.39. The van der Waals surface area contributed by atoms with Gasteiger partial charge in [0.25, 0.3) is 0 Å². The van der Waals surface area contributed by atoms with Crippen molar-refractivity contribution in [3.8, 4) is 0 Å². The van der Waals surface area contributed by atoms with Crippen LogP contribution >= 0.6 is 0 Å². The van der Waals surface area contributed by atoms with Crippen LogP contribution < -0.4 is 5.73 Å². The highest BCUT2D eigenvalue weighted by Gasteiger charge is 2.39. The summed E-state index contributed by atoms with van der Waals surface area (Å²) in [6.07, 6.45) is -3.69. The minimum Gasteiger partial charge on any atom is -0.330 e. The van der Waals surface area contributed by atoms with Gasteiger partial charge in [0.2, 0.25) is 0 Å². The van der Waals surface area contributed by atoms with Gasteiger partial charge in [-0.05, 0) is 43.5 Å². The number of sulfone groups is 1. The first-order valence-corrected chi connectivity index (χ1v) is 7.41. The average Bonchev–Trinajstić information content (AvgIpc) is 2.26. The molecular weight excluding hydrogens is 279 g/mol. The fourth-order valence-electron chi connectivity index (χ4n) is 2.16. The normalized spacial score (nSPS) is 24.0. The van der Waals surface area contributed by atoms with Crippen LogP contribution in [0.15, 0.2) is 29.2 Å². The molecular formula is C12H14F3NO2S. The van der Waals surface area contributed by atoms with E-state index in [4.69, 9.17) is 5.73 Å². The van der Waals surface area contributed by atoms with Crippen molar-refractivity contribution >= 4 is 9.84 Å². The van der Waals surface area contributed by atoms with Crippen molar-refractivity contribution in [2.75, 3.05) is 6.54 Å². The van der Waals surface area contributed by atoms with Crippen molar-refractivity contribution in [1.82, 2.24) is 0 Å². The summed E-state index contributed by atoms with van der Waals surface area (Å²) >= 11 is 0. The van der Waals surface area contributed by atoms with E-state index in [1.165, 1.54) is 6.07 Å².